The van der Waals surface area contributed by atoms with Gasteiger partial charge >= 0.3 is 0 Å². The van der Waals surface area contributed by atoms with Crippen LogP contribution in [0.4, 0.5) is 10.1 Å². The molecule has 0 fully saturated rings. The summed E-state index contributed by atoms with van der Waals surface area (Å²) in [6, 6.07) is 10.5. The molecule has 7 heteroatoms. The smallest absolute Gasteiger partial charge is 0.282 e. The molecule has 1 aromatic heterocycles. The van der Waals surface area contributed by atoms with Crippen LogP contribution in [0.15, 0.2) is 47.3 Å². The van der Waals surface area contributed by atoms with E-state index in [2.05, 4.69) is 10.3 Å². The second-order valence-electron chi connectivity index (χ2n) is 4.89. The number of aryl methyl sites for hydroxylation is 1. The molecule has 0 saturated carbocycles. The zero-order valence-electron chi connectivity index (χ0n) is 12.0. The van der Waals surface area contributed by atoms with E-state index < -0.39 is 17.3 Å². The zero-order valence-corrected chi connectivity index (χ0v) is 12.8. The summed E-state index contributed by atoms with van der Waals surface area (Å²) in [5, 5.41) is 2.51. The number of amides is 1. The number of rotatable bonds is 2. The lowest BCUT2D eigenvalue weighted by molar-refractivity contribution is 0.102. The Morgan fingerprint density at radius 1 is 1.26 bits per heavy atom. The van der Waals surface area contributed by atoms with Crippen LogP contribution in [-0.4, -0.2) is 15.5 Å². The highest BCUT2D eigenvalue weighted by Crippen LogP contribution is 2.22. The van der Waals surface area contributed by atoms with Crippen LogP contribution in [0, 0.1) is 5.82 Å². The molecule has 0 aliphatic carbocycles. The van der Waals surface area contributed by atoms with E-state index in [0.29, 0.717) is 11.0 Å². The van der Waals surface area contributed by atoms with Crippen molar-refractivity contribution in [3.05, 3.63) is 69.4 Å². The molecule has 1 amide bonds. The number of anilines is 1. The third-order valence-electron chi connectivity index (χ3n) is 3.38. The Kier molecular flexibility index (Phi) is 3.83. The van der Waals surface area contributed by atoms with Gasteiger partial charge in [-0.25, -0.2) is 9.37 Å². The van der Waals surface area contributed by atoms with Crippen molar-refractivity contribution < 1.29 is 9.18 Å². The third kappa shape index (κ3) is 2.80. The number of halogens is 2. The van der Waals surface area contributed by atoms with Gasteiger partial charge in [0.25, 0.3) is 11.5 Å². The molecule has 0 atom stereocenters. The fourth-order valence-electron chi connectivity index (χ4n) is 2.20. The molecule has 0 saturated heterocycles. The maximum Gasteiger partial charge on any atom is 0.282 e. The van der Waals surface area contributed by atoms with Crippen molar-refractivity contribution >= 4 is 34.2 Å². The van der Waals surface area contributed by atoms with E-state index in [-0.39, 0.29) is 16.4 Å². The van der Waals surface area contributed by atoms with Crippen LogP contribution in [0.3, 0.4) is 0 Å². The zero-order chi connectivity index (χ0) is 16.6. The molecule has 2 aromatic carbocycles. The molecule has 0 aliphatic rings. The van der Waals surface area contributed by atoms with Gasteiger partial charge in [0, 0.05) is 7.05 Å². The molecule has 5 nitrogen and oxygen atoms in total. The molecule has 0 aliphatic heterocycles. The first kappa shape index (κ1) is 15.2. The van der Waals surface area contributed by atoms with Gasteiger partial charge in [-0.05, 0) is 30.3 Å². The number of hydrogen-bond donors (Lipinski definition) is 1. The number of hydrogen-bond acceptors (Lipinski definition) is 3. The number of nitrogens with zero attached hydrogens (tertiary/aromatic N) is 2. The van der Waals surface area contributed by atoms with Gasteiger partial charge in [0.2, 0.25) is 0 Å². The Hall–Kier alpha value is -2.73. The molecule has 3 aromatic rings. The van der Waals surface area contributed by atoms with Crippen molar-refractivity contribution in [1.82, 2.24) is 9.55 Å². The molecule has 1 heterocycles. The largest absolute Gasteiger partial charge is 0.319 e. The van der Waals surface area contributed by atoms with Gasteiger partial charge in [-0.1, -0.05) is 23.7 Å². The maximum atomic E-state index is 13.0. The standard InChI is InChI=1S/C16H11ClFN3O2/c1-21-13-5-3-2-4-12(13)19-14(16(21)23)15(22)20-11-7-6-9(18)8-10(11)17/h2-8H,1H3,(H,20,22). The summed E-state index contributed by atoms with van der Waals surface area (Å²) < 4.78 is 14.4. The molecule has 0 unspecified atom stereocenters. The summed E-state index contributed by atoms with van der Waals surface area (Å²) in [4.78, 5) is 28.7. The number of aromatic nitrogens is 2. The van der Waals surface area contributed by atoms with Gasteiger partial charge < -0.3 is 9.88 Å². The first-order valence-corrected chi connectivity index (χ1v) is 7.07. The SMILES string of the molecule is Cn1c(=O)c(C(=O)Nc2ccc(F)cc2Cl)nc2ccccc21. The maximum absolute atomic E-state index is 13.0. The summed E-state index contributed by atoms with van der Waals surface area (Å²) in [5.74, 6) is -1.22. The number of para-hydroxylation sites is 2. The molecular weight excluding hydrogens is 321 g/mol. The number of carbonyl (C=O) groups excluding carboxylic acids is 1. The van der Waals surface area contributed by atoms with Gasteiger partial charge in [-0.3, -0.25) is 9.59 Å². The minimum Gasteiger partial charge on any atom is -0.319 e. The number of benzene rings is 2. The second-order valence-corrected chi connectivity index (χ2v) is 5.30. The Balaban J connectivity index is 2.04. The van der Waals surface area contributed by atoms with Crippen LogP contribution in [-0.2, 0) is 7.05 Å². The lowest BCUT2D eigenvalue weighted by Crippen LogP contribution is -2.29. The first-order valence-electron chi connectivity index (χ1n) is 6.69. The Labute approximate surface area is 135 Å². The van der Waals surface area contributed by atoms with Crippen molar-refractivity contribution in [2.45, 2.75) is 0 Å². The van der Waals surface area contributed by atoms with E-state index >= 15 is 0 Å². The minimum absolute atomic E-state index is 0.0379. The summed E-state index contributed by atoms with van der Waals surface area (Å²) in [7, 11) is 1.56. The van der Waals surface area contributed by atoms with E-state index in [0.717, 1.165) is 12.1 Å². The van der Waals surface area contributed by atoms with Gasteiger partial charge in [0.15, 0.2) is 5.69 Å². The van der Waals surface area contributed by atoms with E-state index in [1.54, 1.807) is 31.3 Å². The Bertz CT molecular complexity index is 985. The molecule has 0 radical (unpaired) electrons. The van der Waals surface area contributed by atoms with E-state index in [1.807, 2.05) is 0 Å². The highest BCUT2D eigenvalue weighted by atomic mass is 35.5. The monoisotopic (exact) mass is 331 g/mol. The van der Waals surface area contributed by atoms with E-state index in [1.165, 1.54) is 10.6 Å². The van der Waals surface area contributed by atoms with Crippen LogP contribution in [0.2, 0.25) is 5.02 Å². The molecular formula is C16H11ClFN3O2. The van der Waals surface area contributed by atoms with Gasteiger partial charge in [0.05, 0.1) is 21.7 Å². The van der Waals surface area contributed by atoms with Crippen LogP contribution in [0.5, 0.6) is 0 Å². The molecule has 3 rings (SSSR count). The highest BCUT2D eigenvalue weighted by Gasteiger charge is 2.17. The number of fused-ring (bicyclic) bond motifs is 1. The number of carbonyl (C=O) groups is 1. The molecule has 23 heavy (non-hydrogen) atoms. The van der Waals surface area contributed by atoms with E-state index in [9.17, 15) is 14.0 Å². The van der Waals surface area contributed by atoms with E-state index in [4.69, 9.17) is 11.6 Å². The average Bonchev–Trinajstić information content (AvgIpc) is 2.53. The predicted octanol–water partition coefficient (Wildman–Crippen LogP) is 2.98. The van der Waals surface area contributed by atoms with Crippen molar-refractivity contribution in [2.75, 3.05) is 5.32 Å². The summed E-state index contributed by atoms with van der Waals surface area (Å²) in [6.07, 6.45) is 0. The molecule has 0 spiro atoms. The minimum atomic E-state index is -0.704. The van der Waals surface area contributed by atoms with Crippen molar-refractivity contribution in [3.8, 4) is 0 Å². The van der Waals surface area contributed by atoms with Crippen LogP contribution < -0.4 is 10.9 Å². The average molecular weight is 332 g/mol. The third-order valence-corrected chi connectivity index (χ3v) is 3.69. The summed E-state index contributed by atoms with van der Waals surface area (Å²) in [6.45, 7) is 0. The Morgan fingerprint density at radius 3 is 2.74 bits per heavy atom. The topological polar surface area (TPSA) is 64.0 Å². The molecule has 1 N–H and O–H groups in total. The second kappa shape index (κ2) is 5.81. The van der Waals surface area contributed by atoms with Gasteiger partial charge in [-0.15, -0.1) is 0 Å². The van der Waals surface area contributed by atoms with Crippen molar-refractivity contribution in [2.24, 2.45) is 7.05 Å². The lowest BCUT2D eigenvalue weighted by atomic mass is 10.2. The quantitative estimate of drug-likeness (QED) is 0.785. The first-order chi connectivity index (χ1) is 11.0. The van der Waals surface area contributed by atoms with Crippen LogP contribution in [0.25, 0.3) is 11.0 Å². The Morgan fingerprint density at radius 2 is 2.00 bits per heavy atom. The van der Waals surface area contributed by atoms with Gasteiger partial charge in [-0.2, -0.15) is 0 Å². The number of nitrogens with one attached hydrogen (secondary N) is 1. The van der Waals surface area contributed by atoms with Crippen LogP contribution >= 0.6 is 11.6 Å². The van der Waals surface area contributed by atoms with Crippen LogP contribution in [0.1, 0.15) is 10.5 Å². The van der Waals surface area contributed by atoms with Gasteiger partial charge in [0.1, 0.15) is 5.82 Å². The molecule has 0 bridgehead atoms. The molecule has 116 valence electrons. The predicted molar refractivity (Wildman–Crippen MR) is 86.3 cm³/mol. The fraction of sp³-hybridized carbons (Fsp3) is 0.0625. The highest BCUT2D eigenvalue weighted by molar-refractivity contribution is 6.33. The fourth-order valence-corrected chi connectivity index (χ4v) is 2.41. The lowest BCUT2D eigenvalue weighted by Gasteiger charge is -2.09. The van der Waals surface area contributed by atoms with Crippen molar-refractivity contribution in [3.63, 3.8) is 0 Å². The summed E-state index contributed by atoms with van der Waals surface area (Å²) >= 11 is 5.87. The summed E-state index contributed by atoms with van der Waals surface area (Å²) in [5.41, 5.74) is 0.555. The normalized spacial score (nSPS) is 10.7. The van der Waals surface area contributed by atoms with Crippen molar-refractivity contribution in [1.29, 1.82) is 0 Å².